The van der Waals surface area contributed by atoms with Gasteiger partial charge in [0.25, 0.3) is 0 Å². The molecule has 0 unspecified atom stereocenters. The summed E-state index contributed by atoms with van der Waals surface area (Å²) < 4.78 is 23.3. The molecule has 0 radical (unpaired) electrons. The number of hydrogen-bond donors (Lipinski definition) is 1. The van der Waals surface area contributed by atoms with Crippen LogP contribution in [0.25, 0.3) is 0 Å². The van der Waals surface area contributed by atoms with Gasteiger partial charge in [0.1, 0.15) is 9.84 Å². The van der Waals surface area contributed by atoms with Crippen LogP contribution in [0.5, 0.6) is 0 Å². The van der Waals surface area contributed by atoms with E-state index in [9.17, 15) is 13.2 Å². The van der Waals surface area contributed by atoms with E-state index in [2.05, 4.69) is 12.2 Å². The van der Waals surface area contributed by atoms with Crippen LogP contribution < -0.4 is 5.32 Å². The molecule has 2 rings (SSSR count). The van der Waals surface area contributed by atoms with Crippen molar-refractivity contribution in [2.45, 2.75) is 25.8 Å². The lowest BCUT2D eigenvalue weighted by molar-refractivity contribution is -0.132. The molecule has 1 heterocycles. The van der Waals surface area contributed by atoms with Crippen molar-refractivity contribution in [1.29, 1.82) is 0 Å². The molecule has 128 valence electrons. The largest absolute Gasteiger partial charge is 0.341 e. The van der Waals surface area contributed by atoms with Crippen molar-refractivity contribution >= 4 is 15.7 Å². The van der Waals surface area contributed by atoms with Gasteiger partial charge in [0, 0.05) is 25.4 Å². The highest BCUT2D eigenvalue weighted by molar-refractivity contribution is 7.90. The van der Waals surface area contributed by atoms with Gasteiger partial charge in [-0.15, -0.1) is 0 Å². The zero-order chi connectivity index (χ0) is 16.9. The summed E-state index contributed by atoms with van der Waals surface area (Å²) in [4.78, 5) is 14.2. The van der Waals surface area contributed by atoms with Gasteiger partial charge in [-0.1, -0.05) is 37.3 Å². The Kier molecular flexibility index (Phi) is 6.18. The molecular weight excluding hydrogens is 312 g/mol. The van der Waals surface area contributed by atoms with Crippen LogP contribution in [0.3, 0.4) is 0 Å². The average Bonchev–Trinajstić information content (AvgIpc) is 2.51. The van der Waals surface area contributed by atoms with Gasteiger partial charge < -0.3 is 10.2 Å². The topological polar surface area (TPSA) is 66.5 Å². The summed E-state index contributed by atoms with van der Waals surface area (Å²) in [5.74, 6) is 0.570. The molecule has 2 atom stereocenters. The summed E-state index contributed by atoms with van der Waals surface area (Å²) in [6, 6.07) is 9.05. The number of carbonyl (C=O) groups is 1. The minimum Gasteiger partial charge on any atom is -0.341 e. The van der Waals surface area contributed by atoms with Crippen molar-refractivity contribution in [3.8, 4) is 0 Å². The molecule has 1 aromatic carbocycles. The summed E-state index contributed by atoms with van der Waals surface area (Å²) >= 11 is 0. The number of benzene rings is 1. The third-order valence-electron chi connectivity index (χ3n) is 4.18. The molecule has 1 aliphatic rings. The van der Waals surface area contributed by atoms with Crippen LogP contribution in [0, 0.1) is 5.92 Å². The summed E-state index contributed by atoms with van der Waals surface area (Å²) in [6.45, 7) is 3.92. The predicted molar refractivity (Wildman–Crippen MR) is 91.9 cm³/mol. The van der Waals surface area contributed by atoms with Crippen molar-refractivity contribution in [3.05, 3.63) is 35.9 Å². The van der Waals surface area contributed by atoms with Gasteiger partial charge in [0.2, 0.25) is 5.91 Å². The van der Waals surface area contributed by atoms with E-state index in [0.717, 1.165) is 31.5 Å². The number of likely N-dealkylation sites (tertiary alicyclic amines) is 1. The molecule has 1 aliphatic heterocycles. The quantitative estimate of drug-likeness (QED) is 0.856. The smallest absolute Gasteiger partial charge is 0.236 e. The third-order valence-corrected chi connectivity index (χ3v) is 5.12. The van der Waals surface area contributed by atoms with Crippen molar-refractivity contribution in [1.82, 2.24) is 10.2 Å². The van der Waals surface area contributed by atoms with E-state index in [1.165, 1.54) is 6.26 Å². The van der Waals surface area contributed by atoms with Gasteiger partial charge in [-0.25, -0.2) is 8.42 Å². The van der Waals surface area contributed by atoms with Crippen LogP contribution in [-0.2, 0) is 14.6 Å². The summed E-state index contributed by atoms with van der Waals surface area (Å²) in [5, 5.41) is 3.13. The first-order valence-corrected chi connectivity index (χ1v) is 10.1. The fourth-order valence-corrected chi connectivity index (χ4v) is 3.92. The van der Waals surface area contributed by atoms with Crippen LogP contribution in [0.4, 0.5) is 0 Å². The van der Waals surface area contributed by atoms with Crippen LogP contribution in [0.1, 0.15) is 31.4 Å². The Labute approximate surface area is 139 Å². The lowest BCUT2D eigenvalue weighted by atomic mass is 10.0. The maximum Gasteiger partial charge on any atom is 0.236 e. The average molecular weight is 338 g/mol. The van der Waals surface area contributed by atoms with E-state index in [4.69, 9.17) is 0 Å². The highest BCUT2D eigenvalue weighted by Crippen LogP contribution is 2.17. The lowest BCUT2D eigenvalue weighted by Gasteiger charge is -2.31. The van der Waals surface area contributed by atoms with E-state index in [1.807, 2.05) is 35.2 Å². The fraction of sp³-hybridized carbons (Fsp3) is 0.588. The minimum atomic E-state index is -3.14. The molecule has 0 bridgehead atoms. The Morgan fingerprint density at radius 1 is 1.35 bits per heavy atom. The molecule has 1 N–H and O–H groups in total. The Balaban J connectivity index is 1.99. The number of amides is 1. The molecule has 0 aromatic heterocycles. The van der Waals surface area contributed by atoms with E-state index in [0.29, 0.717) is 5.92 Å². The molecule has 0 aliphatic carbocycles. The van der Waals surface area contributed by atoms with Crippen LogP contribution in [0.15, 0.2) is 30.3 Å². The first kappa shape index (κ1) is 17.9. The number of nitrogens with one attached hydrogen (secondary N) is 1. The number of sulfone groups is 1. The SMILES string of the molecule is C[C@H]1CCCN(C(=O)CN[C@@H](CS(C)(=O)=O)c2ccccc2)C1. The van der Waals surface area contributed by atoms with E-state index in [-0.39, 0.29) is 24.2 Å². The van der Waals surface area contributed by atoms with E-state index in [1.54, 1.807) is 0 Å². The number of carbonyl (C=O) groups excluding carboxylic acids is 1. The first-order chi connectivity index (χ1) is 10.8. The highest BCUT2D eigenvalue weighted by Gasteiger charge is 2.23. The van der Waals surface area contributed by atoms with Crippen molar-refractivity contribution in [2.75, 3.05) is 31.6 Å². The van der Waals surface area contributed by atoms with Gasteiger partial charge in [0.05, 0.1) is 12.3 Å². The molecule has 23 heavy (non-hydrogen) atoms. The van der Waals surface area contributed by atoms with Crippen molar-refractivity contribution in [3.63, 3.8) is 0 Å². The van der Waals surface area contributed by atoms with Gasteiger partial charge in [-0.2, -0.15) is 0 Å². The number of nitrogens with zero attached hydrogens (tertiary/aromatic N) is 1. The Bertz CT molecular complexity index is 616. The predicted octanol–water partition coefficient (Wildman–Crippen LogP) is 1.62. The van der Waals surface area contributed by atoms with E-state index < -0.39 is 9.84 Å². The van der Waals surface area contributed by atoms with Crippen molar-refractivity contribution in [2.24, 2.45) is 5.92 Å². The number of hydrogen-bond acceptors (Lipinski definition) is 4. The van der Waals surface area contributed by atoms with Gasteiger partial charge >= 0.3 is 0 Å². The summed E-state index contributed by atoms with van der Waals surface area (Å²) in [5.41, 5.74) is 0.887. The third kappa shape index (κ3) is 5.95. The zero-order valence-electron chi connectivity index (χ0n) is 13.9. The van der Waals surface area contributed by atoms with Crippen LogP contribution in [-0.4, -0.2) is 50.9 Å². The second kappa shape index (κ2) is 7.93. The van der Waals surface area contributed by atoms with Crippen LogP contribution >= 0.6 is 0 Å². The van der Waals surface area contributed by atoms with Crippen molar-refractivity contribution < 1.29 is 13.2 Å². The maximum atomic E-state index is 12.4. The summed E-state index contributed by atoms with van der Waals surface area (Å²) in [6.07, 6.45) is 3.43. The number of piperidine rings is 1. The molecule has 1 fully saturated rings. The van der Waals surface area contributed by atoms with Crippen LogP contribution in [0.2, 0.25) is 0 Å². The van der Waals surface area contributed by atoms with Gasteiger partial charge in [0.15, 0.2) is 0 Å². The maximum absolute atomic E-state index is 12.4. The Morgan fingerprint density at radius 2 is 2.04 bits per heavy atom. The molecule has 0 saturated carbocycles. The lowest BCUT2D eigenvalue weighted by Crippen LogP contribution is -2.44. The minimum absolute atomic E-state index is 0.0132. The molecular formula is C17H26N2O3S. The Hall–Kier alpha value is -1.40. The van der Waals surface area contributed by atoms with E-state index >= 15 is 0 Å². The molecule has 1 aromatic rings. The number of rotatable bonds is 6. The molecule has 5 nitrogen and oxygen atoms in total. The molecule has 6 heteroatoms. The fourth-order valence-electron chi connectivity index (χ4n) is 3.00. The second-order valence-electron chi connectivity index (χ2n) is 6.52. The zero-order valence-corrected chi connectivity index (χ0v) is 14.7. The Morgan fingerprint density at radius 3 is 2.65 bits per heavy atom. The van der Waals surface area contributed by atoms with Gasteiger partial charge in [-0.3, -0.25) is 4.79 Å². The second-order valence-corrected chi connectivity index (χ2v) is 8.71. The first-order valence-electron chi connectivity index (χ1n) is 8.09. The highest BCUT2D eigenvalue weighted by atomic mass is 32.2. The monoisotopic (exact) mass is 338 g/mol. The molecule has 1 amide bonds. The molecule has 0 spiro atoms. The standard InChI is InChI=1S/C17H26N2O3S/c1-14-7-6-10-19(12-14)17(20)11-18-16(13-23(2,21)22)15-8-4-3-5-9-15/h3-5,8-9,14,16,18H,6-7,10-13H2,1-2H3/t14-,16-/m0/s1. The normalized spacial score (nSPS) is 20.3. The molecule has 1 saturated heterocycles. The van der Waals surface area contributed by atoms with Gasteiger partial charge in [-0.05, 0) is 24.3 Å². The summed E-state index contributed by atoms with van der Waals surface area (Å²) in [7, 11) is -3.14.